The minimum absolute atomic E-state index is 0.453. The molecule has 0 amide bonds. The molecule has 0 N–H and O–H groups in total. The normalized spacial score (nSPS) is 43.5. The molecular weight excluding hydrogens is 210 g/mol. The molecule has 4 aliphatic rings. The molecule has 4 aliphatic carbocycles. The van der Waals surface area contributed by atoms with Gasteiger partial charge in [0, 0.05) is 0 Å². The lowest BCUT2D eigenvalue weighted by Crippen LogP contribution is -2.46. The molecule has 92 valence electrons. The highest BCUT2D eigenvalue weighted by Crippen LogP contribution is 2.61. The van der Waals surface area contributed by atoms with Crippen LogP contribution in [-0.4, -0.2) is 7.11 Å². The van der Waals surface area contributed by atoms with Crippen molar-refractivity contribution in [1.82, 2.24) is 0 Å². The standard InChI is InChI=1S/C15H21NO/c1-17-10-14(9-16)8-15-5-11-2-12(6-15)4-13(3-11)7-15/h10-13H,2-8H2,1H3. The van der Waals surface area contributed by atoms with Crippen molar-refractivity contribution >= 4 is 0 Å². The summed E-state index contributed by atoms with van der Waals surface area (Å²) in [5.41, 5.74) is 1.30. The van der Waals surface area contributed by atoms with Crippen LogP contribution in [-0.2, 0) is 4.74 Å². The van der Waals surface area contributed by atoms with Gasteiger partial charge in [-0.05, 0) is 68.1 Å². The monoisotopic (exact) mass is 231 g/mol. The first-order valence-electron chi connectivity index (χ1n) is 6.85. The molecule has 2 nitrogen and oxygen atoms in total. The number of hydrogen-bond acceptors (Lipinski definition) is 2. The molecule has 0 heterocycles. The van der Waals surface area contributed by atoms with Crippen molar-refractivity contribution in [1.29, 1.82) is 5.26 Å². The summed E-state index contributed by atoms with van der Waals surface area (Å²) in [7, 11) is 1.64. The molecular formula is C15H21NO. The van der Waals surface area contributed by atoms with Crippen molar-refractivity contribution in [2.24, 2.45) is 23.2 Å². The maximum Gasteiger partial charge on any atom is 0.0979 e. The number of hydrogen-bond donors (Lipinski definition) is 0. The van der Waals surface area contributed by atoms with E-state index >= 15 is 0 Å². The Morgan fingerprint density at radius 1 is 1.24 bits per heavy atom. The Labute approximate surface area is 104 Å². The number of allylic oxidation sites excluding steroid dienone is 1. The third-order valence-corrected chi connectivity index (χ3v) is 5.13. The minimum Gasteiger partial charge on any atom is -0.503 e. The predicted molar refractivity (Wildman–Crippen MR) is 65.9 cm³/mol. The zero-order valence-electron chi connectivity index (χ0n) is 10.6. The number of nitriles is 1. The molecule has 0 aromatic rings. The van der Waals surface area contributed by atoms with Crippen LogP contribution < -0.4 is 0 Å². The van der Waals surface area contributed by atoms with Gasteiger partial charge in [-0.15, -0.1) is 0 Å². The molecule has 4 fully saturated rings. The van der Waals surface area contributed by atoms with Gasteiger partial charge in [0.15, 0.2) is 0 Å². The van der Waals surface area contributed by atoms with Crippen LogP contribution in [0.25, 0.3) is 0 Å². The highest BCUT2D eigenvalue weighted by Gasteiger charge is 2.50. The topological polar surface area (TPSA) is 33.0 Å². The quantitative estimate of drug-likeness (QED) is 0.548. The molecule has 4 bridgehead atoms. The third kappa shape index (κ3) is 1.97. The summed E-state index contributed by atoms with van der Waals surface area (Å²) in [5, 5.41) is 9.16. The first-order valence-corrected chi connectivity index (χ1v) is 6.85. The molecule has 4 rings (SSSR count). The van der Waals surface area contributed by atoms with Crippen molar-refractivity contribution in [3.8, 4) is 6.07 Å². The van der Waals surface area contributed by atoms with Gasteiger partial charge in [0.05, 0.1) is 25.0 Å². The Morgan fingerprint density at radius 3 is 2.18 bits per heavy atom. The number of rotatable bonds is 3. The summed E-state index contributed by atoms with van der Waals surface area (Å²) < 4.78 is 5.02. The van der Waals surface area contributed by atoms with Gasteiger partial charge in [0.2, 0.25) is 0 Å². The lowest BCUT2D eigenvalue weighted by atomic mass is 9.48. The van der Waals surface area contributed by atoms with Gasteiger partial charge in [-0.1, -0.05) is 0 Å². The van der Waals surface area contributed by atoms with E-state index in [-0.39, 0.29) is 0 Å². The second-order valence-corrected chi connectivity index (χ2v) is 6.58. The first-order chi connectivity index (χ1) is 8.23. The molecule has 0 aliphatic heterocycles. The summed E-state index contributed by atoms with van der Waals surface area (Å²) in [4.78, 5) is 0. The highest BCUT2D eigenvalue weighted by molar-refractivity contribution is 5.22. The van der Waals surface area contributed by atoms with Gasteiger partial charge < -0.3 is 4.74 Å². The number of ether oxygens (including phenoxy) is 1. The fourth-order valence-electron chi connectivity index (χ4n) is 5.16. The van der Waals surface area contributed by atoms with Crippen molar-refractivity contribution in [3.63, 3.8) is 0 Å². The van der Waals surface area contributed by atoms with Crippen molar-refractivity contribution in [3.05, 3.63) is 11.8 Å². The van der Waals surface area contributed by atoms with Crippen LogP contribution >= 0.6 is 0 Å². The minimum atomic E-state index is 0.453. The van der Waals surface area contributed by atoms with Gasteiger partial charge in [0.25, 0.3) is 0 Å². The summed E-state index contributed by atoms with van der Waals surface area (Å²) in [6.45, 7) is 0. The summed E-state index contributed by atoms with van der Waals surface area (Å²) in [6, 6.07) is 2.31. The van der Waals surface area contributed by atoms with Gasteiger partial charge in [-0.25, -0.2) is 0 Å². The Hall–Kier alpha value is -0.970. The summed E-state index contributed by atoms with van der Waals surface area (Å²) in [5.74, 6) is 2.89. The maximum absolute atomic E-state index is 9.16. The smallest absolute Gasteiger partial charge is 0.0979 e. The van der Waals surface area contributed by atoms with Gasteiger partial charge in [-0.2, -0.15) is 5.26 Å². The Kier molecular flexibility index (Phi) is 2.65. The number of methoxy groups -OCH3 is 1. The molecule has 0 unspecified atom stereocenters. The molecule has 0 spiro atoms. The van der Waals surface area contributed by atoms with E-state index in [4.69, 9.17) is 10.00 Å². The van der Waals surface area contributed by atoms with Crippen molar-refractivity contribution in [2.45, 2.75) is 44.9 Å². The Bertz CT molecular complexity index is 342. The van der Waals surface area contributed by atoms with Crippen LogP contribution in [0.15, 0.2) is 11.8 Å². The van der Waals surface area contributed by atoms with Gasteiger partial charge in [-0.3, -0.25) is 0 Å². The molecule has 0 atom stereocenters. The fraction of sp³-hybridized carbons (Fsp3) is 0.800. The van der Waals surface area contributed by atoms with Gasteiger partial charge >= 0.3 is 0 Å². The molecule has 0 aromatic heterocycles. The molecule has 0 saturated heterocycles. The van der Waals surface area contributed by atoms with E-state index in [0.29, 0.717) is 5.41 Å². The first kappa shape index (κ1) is 11.1. The highest BCUT2D eigenvalue weighted by atomic mass is 16.5. The van der Waals surface area contributed by atoms with Crippen LogP contribution in [0.3, 0.4) is 0 Å². The third-order valence-electron chi connectivity index (χ3n) is 5.13. The van der Waals surface area contributed by atoms with Gasteiger partial charge in [0.1, 0.15) is 0 Å². The van der Waals surface area contributed by atoms with Crippen LogP contribution in [0.4, 0.5) is 0 Å². The van der Waals surface area contributed by atoms with Crippen molar-refractivity contribution in [2.75, 3.05) is 7.11 Å². The van der Waals surface area contributed by atoms with E-state index in [1.54, 1.807) is 13.4 Å². The van der Waals surface area contributed by atoms with Crippen LogP contribution in [0.5, 0.6) is 0 Å². The van der Waals surface area contributed by atoms with E-state index in [2.05, 4.69) is 6.07 Å². The van der Waals surface area contributed by atoms with E-state index in [0.717, 1.165) is 29.7 Å². The molecule has 4 saturated carbocycles. The predicted octanol–water partition coefficient (Wildman–Crippen LogP) is 3.65. The Balaban J connectivity index is 1.78. The fourth-order valence-corrected chi connectivity index (χ4v) is 5.16. The lowest BCUT2D eigenvalue weighted by molar-refractivity contribution is -0.0518. The van der Waals surface area contributed by atoms with E-state index in [9.17, 15) is 0 Å². The maximum atomic E-state index is 9.16. The van der Waals surface area contributed by atoms with Crippen molar-refractivity contribution < 1.29 is 4.74 Å². The lowest BCUT2D eigenvalue weighted by Gasteiger charge is -2.57. The zero-order chi connectivity index (χ0) is 11.9. The molecule has 2 heteroatoms. The van der Waals surface area contributed by atoms with Crippen LogP contribution in [0.2, 0.25) is 0 Å². The molecule has 0 aromatic carbocycles. The van der Waals surface area contributed by atoms with E-state index in [1.807, 2.05) is 0 Å². The number of nitrogens with zero attached hydrogens (tertiary/aromatic N) is 1. The van der Waals surface area contributed by atoms with Crippen LogP contribution in [0, 0.1) is 34.5 Å². The van der Waals surface area contributed by atoms with Crippen LogP contribution in [0.1, 0.15) is 44.9 Å². The largest absolute Gasteiger partial charge is 0.503 e. The summed E-state index contributed by atoms with van der Waals surface area (Å²) in [6.07, 6.45) is 11.1. The second kappa shape index (κ2) is 4.05. The molecule has 0 radical (unpaired) electrons. The molecule has 17 heavy (non-hydrogen) atoms. The Morgan fingerprint density at radius 2 is 1.76 bits per heavy atom. The van der Waals surface area contributed by atoms with E-state index < -0.39 is 0 Å². The van der Waals surface area contributed by atoms with E-state index in [1.165, 1.54) is 38.5 Å². The summed E-state index contributed by atoms with van der Waals surface area (Å²) >= 11 is 0. The average Bonchev–Trinajstić information content (AvgIpc) is 2.26. The average molecular weight is 231 g/mol. The SMILES string of the molecule is COC=C(C#N)CC12CC3CC(CC(C3)C1)C2. The zero-order valence-corrected chi connectivity index (χ0v) is 10.6. The second-order valence-electron chi connectivity index (χ2n) is 6.58.